The zero-order chi connectivity index (χ0) is 19.5. The lowest BCUT2D eigenvalue weighted by molar-refractivity contribution is -0.130. The Balaban J connectivity index is 1.55. The number of methoxy groups -OCH3 is 1. The molecule has 7 heteroatoms. The highest BCUT2D eigenvalue weighted by atomic mass is 32.2. The van der Waals surface area contributed by atoms with Crippen LogP contribution in [0.1, 0.15) is 5.56 Å². The number of morpholine rings is 1. The molecule has 1 atom stereocenters. The van der Waals surface area contributed by atoms with Gasteiger partial charge in [-0.15, -0.1) is 11.8 Å². The fourth-order valence-corrected chi connectivity index (χ4v) is 4.22. The van der Waals surface area contributed by atoms with Crippen LogP contribution in [-0.2, 0) is 14.3 Å². The Morgan fingerprint density at radius 2 is 2.18 bits per heavy atom. The van der Waals surface area contributed by atoms with E-state index >= 15 is 0 Å². The molecule has 1 unspecified atom stereocenters. The summed E-state index contributed by atoms with van der Waals surface area (Å²) >= 11 is 1.44. The van der Waals surface area contributed by atoms with Crippen molar-refractivity contribution in [3.63, 3.8) is 0 Å². The second-order valence-electron chi connectivity index (χ2n) is 6.53. The minimum Gasteiger partial charge on any atom is -0.497 e. The zero-order valence-electron chi connectivity index (χ0n) is 15.5. The van der Waals surface area contributed by atoms with Crippen molar-refractivity contribution in [3.8, 4) is 5.75 Å². The fraction of sp³-hybridized carbons (Fsp3) is 0.286. The maximum atomic E-state index is 12.7. The van der Waals surface area contributed by atoms with Gasteiger partial charge in [-0.2, -0.15) is 0 Å². The highest BCUT2D eigenvalue weighted by Gasteiger charge is 2.29. The van der Waals surface area contributed by atoms with Gasteiger partial charge < -0.3 is 14.4 Å². The van der Waals surface area contributed by atoms with Crippen LogP contribution in [0.3, 0.4) is 0 Å². The van der Waals surface area contributed by atoms with Crippen LogP contribution in [0, 0.1) is 0 Å². The molecule has 144 valence electrons. The number of carbonyl (C=O) groups excluding carboxylic acids is 2. The van der Waals surface area contributed by atoms with Crippen molar-refractivity contribution in [2.75, 3.05) is 33.4 Å². The van der Waals surface area contributed by atoms with E-state index in [-0.39, 0.29) is 17.1 Å². The number of rotatable bonds is 3. The molecule has 4 rings (SSSR count). The number of hydrogen-bond donors (Lipinski definition) is 0. The van der Waals surface area contributed by atoms with Gasteiger partial charge >= 0.3 is 0 Å². The third-order valence-corrected chi connectivity index (χ3v) is 5.88. The molecule has 1 aromatic carbocycles. The molecule has 2 amide bonds. The zero-order valence-corrected chi connectivity index (χ0v) is 16.3. The van der Waals surface area contributed by atoms with E-state index in [9.17, 15) is 9.59 Å². The highest BCUT2D eigenvalue weighted by Crippen LogP contribution is 2.34. The van der Waals surface area contributed by atoms with Crippen molar-refractivity contribution in [2.24, 2.45) is 4.99 Å². The van der Waals surface area contributed by atoms with Gasteiger partial charge in [-0.25, -0.2) is 4.99 Å². The molecule has 0 bridgehead atoms. The Hall–Kier alpha value is -2.64. The van der Waals surface area contributed by atoms with Crippen LogP contribution in [0.25, 0.3) is 6.08 Å². The monoisotopic (exact) mass is 396 g/mol. The first-order chi connectivity index (χ1) is 13.6. The number of hydrogen-bond acceptors (Lipinski definition) is 5. The molecule has 6 nitrogen and oxygen atoms in total. The van der Waals surface area contributed by atoms with Gasteiger partial charge in [0.15, 0.2) is 0 Å². The van der Waals surface area contributed by atoms with E-state index < -0.39 is 0 Å². The minimum atomic E-state index is -0.288. The topological polar surface area (TPSA) is 68.2 Å². The van der Waals surface area contributed by atoms with Gasteiger partial charge in [-0.1, -0.05) is 24.3 Å². The molecule has 0 saturated carbocycles. The Labute approximate surface area is 167 Å². The van der Waals surface area contributed by atoms with Crippen LogP contribution in [0.5, 0.6) is 5.75 Å². The third-order valence-electron chi connectivity index (χ3n) is 4.68. The van der Waals surface area contributed by atoms with Crippen LogP contribution in [0.15, 0.2) is 58.0 Å². The number of nitrogens with zero attached hydrogens (tertiary/aromatic N) is 2. The molecular formula is C21H20N2O4S. The number of aliphatic imine (C=N–C) groups is 1. The van der Waals surface area contributed by atoms with Gasteiger partial charge in [-0.05, 0) is 29.8 Å². The lowest BCUT2D eigenvalue weighted by Gasteiger charge is -2.29. The molecule has 0 spiro atoms. The molecule has 0 radical (unpaired) electrons. The number of carbonyl (C=O) groups is 2. The summed E-state index contributed by atoms with van der Waals surface area (Å²) in [5.41, 5.74) is 2.06. The Morgan fingerprint density at radius 1 is 1.36 bits per heavy atom. The van der Waals surface area contributed by atoms with E-state index in [2.05, 4.69) is 4.99 Å². The number of allylic oxidation sites excluding steroid dienone is 1. The minimum absolute atomic E-state index is 0.0455. The van der Waals surface area contributed by atoms with Crippen molar-refractivity contribution in [1.29, 1.82) is 0 Å². The molecule has 2 aliphatic heterocycles. The summed E-state index contributed by atoms with van der Waals surface area (Å²) in [5.74, 6) is 0.401. The summed E-state index contributed by atoms with van der Waals surface area (Å²) in [7, 11) is 1.61. The van der Waals surface area contributed by atoms with Crippen molar-refractivity contribution >= 4 is 35.4 Å². The Morgan fingerprint density at radius 3 is 2.96 bits per heavy atom. The molecule has 1 fully saturated rings. The molecule has 3 aliphatic rings. The Kier molecular flexibility index (Phi) is 5.45. The SMILES string of the molecule is COc1cccc(/C=C2/SC3C=CC(C(=O)N4CCOCC4)=CC3=NC2=O)c1. The van der Waals surface area contributed by atoms with Gasteiger partial charge in [0.1, 0.15) is 5.75 Å². The number of ether oxygens (including phenoxy) is 2. The van der Waals surface area contributed by atoms with E-state index in [1.165, 1.54) is 11.8 Å². The summed E-state index contributed by atoms with van der Waals surface area (Å²) in [6, 6.07) is 7.52. The first kappa shape index (κ1) is 18.7. The summed E-state index contributed by atoms with van der Waals surface area (Å²) in [6.07, 6.45) is 7.31. The van der Waals surface area contributed by atoms with E-state index in [4.69, 9.17) is 9.47 Å². The van der Waals surface area contributed by atoms with E-state index in [0.717, 1.165) is 11.3 Å². The number of fused-ring (bicyclic) bond motifs is 1. The Bertz CT molecular complexity index is 926. The molecule has 0 aromatic heterocycles. The van der Waals surface area contributed by atoms with Gasteiger partial charge in [-0.3, -0.25) is 9.59 Å². The lowest BCUT2D eigenvalue weighted by Crippen LogP contribution is -2.41. The van der Waals surface area contributed by atoms with Crippen LogP contribution in [0.4, 0.5) is 0 Å². The lowest BCUT2D eigenvalue weighted by atomic mass is 10.0. The van der Waals surface area contributed by atoms with Gasteiger partial charge in [0.25, 0.3) is 11.8 Å². The van der Waals surface area contributed by atoms with Crippen LogP contribution >= 0.6 is 11.8 Å². The average Bonchev–Trinajstić information content (AvgIpc) is 2.74. The standard InChI is InChI=1S/C21H20N2O4S/c1-26-16-4-2-3-14(11-16)12-19-20(24)22-17-13-15(5-6-18(17)28-19)21(25)23-7-9-27-10-8-23/h2-6,11-13,18H,7-10H2,1H3/b19-12+. The first-order valence-electron chi connectivity index (χ1n) is 9.06. The average molecular weight is 396 g/mol. The molecule has 0 N–H and O–H groups in total. The van der Waals surface area contributed by atoms with Gasteiger partial charge in [0, 0.05) is 18.7 Å². The van der Waals surface area contributed by atoms with Crippen LogP contribution in [0.2, 0.25) is 0 Å². The van der Waals surface area contributed by atoms with Crippen LogP contribution < -0.4 is 4.74 Å². The summed E-state index contributed by atoms with van der Waals surface area (Å²) in [5, 5.41) is -0.0733. The van der Waals surface area contributed by atoms with Crippen molar-refractivity contribution in [3.05, 3.63) is 58.5 Å². The summed E-state index contributed by atoms with van der Waals surface area (Å²) in [4.78, 5) is 31.7. The van der Waals surface area contributed by atoms with Gasteiger partial charge in [0.2, 0.25) is 0 Å². The summed E-state index contributed by atoms with van der Waals surface area (Å²) in [6.45, 7) is 2.28. The fourth-order valence-electron chi connectivity index (χ4n) is 3.19. The smallest absolute Gasteiger partial charge is 0.283 e. The van der Waals surface area contributed by atoms with Gasteiger partial charge in [0.05, 0.1) is 36.2 Å². The van der Waals surface area contributed by atoms with Crippen molar-refractivity contribution < 1.29 is 19.1 Å². The molecular weight excluding hydrogens is 376 g/mol. The van der Waals surface area contributed by atoms with Crippen molar-refractivity contribution in [2.45, 2.75) is 5.25 Å². The normalized spacial score (nSPS) is 23.2. The van der Waals surface area contributed by atoms with E-state index in [1.54, 1.807) is 18.1 Å². The highest BCUT2D eigenvalue weighted by molar-refractivity contribution is 8.05. The molecule has 1 aromatic rings. The maximum absolute atomic E-state index is 12.7. The molecule has 1 saturated heterocycles. The van der Waals surface area contributed by atoms with Crippen LogP contribution in [-0.4, -0.2) is 61.1 Å². The largest absolute Gasteiger partial charge is 0.497 e. The second-order valence-corrected chi connectivity index (χ2v) is 7.71. The molecule has 1 aliphatic carbocycles. The molecule has 28 heavy (non-hydrogen) atoms. The van der Waals surface area contributed by atoms with E-state index in [0.29, 0.717) is 42.5 Å². The van der Waals surface area contributed by atoms with Crippen molar-refractivity contribution in [1.82, 2.24) is 4.90 Å². The summed E-state index contributed by atoms with van der Waals surface area (Å²) < 4.78 is 10.5. The first-order valence-corrected chi connectivity index (χ1v) is 9.94. The number of thioether (sulfide) groups is 1. The number of benzene rings is 1. The van der Waals surface area contributed by atoms with E-state index in [1.807, 2.05) is 42.5 Å². The maximum Gasteiger partial charge on any atom is 0.283 e. The third kappa shape index (κ3) is 3.95. The quantitative estimate of drug-likeness (QED) is 0.735. The molecule has 2 heterocycles. The predicted molar refractivity (Wildman–Crippen MR) is 109 cm³/mol. The second kappa shape index (κ2) is 8.16. The predicted octanol–water partition coefficient (Wildman–Crippen LogP) is 2.47. The number of amides is 2.